The van der Waals surface area contributed by atoms with Crippen molar-refractivity contribution in [1.82, 2.24) is 5.43 Å². The molecule has 2 nitrogen and oxygen atoms in total. The maximum absolute atomic E-state index is 5.00. The van der Waals surface area contributed by atoms with Crippen molar-refractivity contribution in [3.63, 3.8) is 0 Å². The van der Waals surface area contributed by atoms with Gasteiger partial charge in [0.05, 0.1) is 5.71 Å². The Balaban J connectivity index is 1.59. The van der Waals surface area contributed by atoms with Crippen molar-refractivity contribution in [2.75, 3.05) is 6.54 Å². The highest BCUT2D eigenvalue weighted by Crippen LogP contribution is 2.24. The van der Waals surface area contributed by atoms with E-state index in [1.807, 2.05) is 0 Å². The molecule has 2 rings (SSSR count). The van der Waals surface area contributed by atoms with Crippen LogP contribution in [-0.4, -0.2) is 12.3 Å². The molecule has 1 atom stereocenters. The van der Waals surface area contributed by atoms with Gasteiger partial charge in [0.25, 0.3) is 0 Å². The Morgan fingerprint density at radius 3 is 1.89 bits per heavy atom. The standard InChI is InChI=1S/C35H66N2/c1-2-3-4-5-6-7-8-9-10-11-14-17-21-26-33-27-22-20-25-30-35(37-36-32-31-33)34-28-23-18-15-12-13-16-19-24-29-34/h28,33,36H,2-27,29-32H2,1H3. The van der Waals surface area contributed by atoms with Gasteiger partial charge in [-0.05, 0) is 56.4 Å². The van der Waals surface area contributed by atoms with Crippen LogP contribution in [0.15, 0.2) is 16.8 Å². The lowest BCUT2D eigenvalue weighted by Gasteiger charge is -2.16. The van der Waals surface area contributed by atoms with Crippen molar-refractivity contribution in [3.05, 3.63) is 11.6 Å². The molecule has 0 aromatic carbocycles. The number of hydrazone groups is 1. The van der Waals surface area contributed by atoms with E-state index in [0.29, 0.717) is 0 Å². The number of rotatable bonds is 15. The van der Waals surface area contributed by atoms with E-state index in [1.165, 1.54) is 192 Å². The second-order valence-corrected chi connectivity index (χ2v) is 12.5. The first-order valence-electron chi connectivity index (χ1n) is 17.4. The van der Waals surface area contributed by atoms with E-state index in [2.05, 4.69) is 18.4 Å². The zero-order valence-electron chi connectivity index (χ0n) is 25.3. The molecule has 1 aliphatic heterocycles. The average Bonchev–Trinajstić information content (AvgIpc) is 3.01. The SMILES string of the molecule is CCCCCCCCCCCCCCCC1CCCCCC(C2=CCCCCCCCCC2)=NNCC1. The highest BCUT2D eigenvalue weighted by molar-refractivity contribution is 5.99. The van der Waals surface area contributed by atoms with E-state index in [1.54, 1.807) is 5.57 Å². The predicted octanol–water partition coefficient (Wildman–Crippen LogP) is 11.8. The van der Waals surface area contributed by atoms with Crippen LogP contribution in [0.5, 0.6) is 0 Å². The monoisotopic (exact) mass is 515 g/mol. The van der Waals surface area contributed by atoms with Crippen LogP contribution in [0.2, 0.25) is 0 Å². The third kappa shape index (κ3) is 18.2. The first-order chi connectivity index (χ1) is 18.4. The summed E-state index contributed by atoms with van der Waals surface area (Å²) in [7, 11) is 0. The van der Waals surface area contributed by atoms with Gasteiger partial charge < -0.3 is 5.43 Å². The zero-order valence-corrected chi connectivity index (χ0v) is 25.3. The molecule has 0 aromatic rings. The quantitative estimate of drug-likeness (QED) is 0.216. The Hall–Kier alpha value is -0.790. The highest BCUT2D eigenvalue weighted by atomic mass is 15.3. The lowest BCUT2D eigenvalue weighted by molar-refractivity contribution is 0.377. The van der Waals surface area contributed by atoms with E-state index in [9.17, 15) is 0 Å². The summed E-state index contributed by atoms with van der Waals surface area (Å²) >= 11 is 0. The van der Waals surface area contributed by atoms with Crippen LogP contribution >= 0.6 is 0 Å². The summed E-state index contributed by atoms with van der Waals surface area (Å²) in [6, 6.07) is 0. The molecule has 0 spiro atoms. The number of hydrogen-bond acceptors (Lipinski definition) is 2. The summed E-state index contributed by atoms with van der Waals surface area (Å²) in [5, 5.41) is 5.00. The molecule has 0 amide bonds. The fourth-order valence-electron chi connectivity index (χ4n) is 6.48. The molecule has 1 unspecified atom stereocenters. The van der Waals surface area contributed by atoms with Gasteiger partial charge in [0.1, 0.15) is 0 Å². The van der Waals surface area contributed by atoms with E-state index in [0.717, 1.165) is 12.5 Å². The Morgan fingerprint density at radius 1 is 0.622 bits per heavy atom. The fraction of sp³-hybridized carbons (Fsp3) is 0.914. The smallest absolute Gasteiger partial charge is 0.0631 e. The first kappa shape index (κ1) is 32.4. The second-order valence-electron chi connectivity index (χ2n) is 12.5. The summed E-state index contributed by atoms with van der Waals surface area (Å²) in [5.74, 6) is 0.911. The molecule has 2 aliphatic rings. The van der Waals surface area contributed by atoms with Gasteiger partial charge in [-0.25, -0.2) is 0 Å². The van der Waals surface area contributed by atoms with Gasteiger partial charge in [0.15, 0.2) is 0 Å². The summed E-state index contributed by atoms with van der Waals surface area (Å²) in [6.45, 7) is 3.38. The molecule has 0 aromatic heterocycles. The largest absolute Gasteiger partial charge is 0.310 e. The summed E-state index contributed by atoms with van der Waals surface area (Å²) in [5.41, 5.74) is 6.51. The van der Waals surface area contributed by atoms with Crippen molar-refractivity contribution in [2.24, 2.45) is 11.0 Å². The molecule has 1 aliphatic carbocycles. The fourth-order valence-corrected chi connectivity index (χ4v) is 6.48. The normalized spacial score (nSPS) is 21.2. The number of nitrogens with one attached hydrogen (secondary N) is 1. The number of allylic oxidation sites excluding steroid dienone is 2. The van der Waals surface area contributed by atoms with Crippen molar-refractivity contribution in [3.8, 4) is 0 Å². The van der Waals surface area contributed by atoms with Crippen molar-refractivity contribution >= 4 is 5.71 Å². The lowest BCUT2D eigenvalue weighted by atomic mass is 9.91. The molecule has 0 radical (unpaired) electrons. The summed E-state index contributed by atoms with van der Waals surface area (Å²) < 4.78 is 0. The van der Waals surface area contributed by atoms with Crippen LogP contribution < -0.4 is 5.43 Å². The van der Waals surface area contributed by atoms with Gasteiger partial charge in [-0.15, -0.1) is 0 Å². The second kappa shape index (κ2) is 24.3. The third-order valence-corrected chi connectivity index (χ3v) is 9.03. The van der Waals surface area contributed by atoms with Gasteiger partial charge in [-0.2, -0.15) is 5.10 Å². The molecule has 0 fully saturated rings. The zero-order chi connectivity index (χ0) is 26.1. The van der Waals surface area contributed by atoms with Gasteiger partial charge >= 0.3 is 0 Å². The van der Waals surface area contributed by atoms with Gasteiger partial charge in [-0.1, -0.05) is 154 Å². The van der Waals surface area contributed by atoms with Crippen LogP contribution in [0.25, 0.3) is 0 Å². The minimum absolute atomic E-state index is 0.911. The number of nitrogens with zero attached hydrogens (tertiary/aromatic N) is 1. The maximum Gasteiger partial charge on any atom is 0.0631 e. The maximum atomic E-state index is 5.00. The van der Waals surface area contributed by atoms with Crippen LogP contribution in [0.4, 0.5) is 0 Å². The molecule has 1 heterocycles. The minimum atomic E-state index is 0.911. The Labute approximate surface area is 233 Å². The lowest BCUT2D eigenvalue weighted by Crippen LogP contribution is -2.16. The Bertz CT molecular complexity index is 564. The van der Waals surface area contributed by atoms with Crippen molar-refractivity contribution < 1.29 is 0 Å². The molecule has 0 bridgehead atoms. The molecule has 2 heteroatoms. The molecular weight excluding hydrogens is 448 g/mol. The van der Waals surface area contributed by atoms with Crippen LogP contribution in [-0.2, 0) is 0 Å². The highest BCUT2D eigenvalue weighted by Gasteiger charge is 2.13. The molecule has 0 saturated carbocycles. The van der Waals surface area contributed by atoms with Gasteiger partial charge in [-0.3, -0.25) is 0 Å². The molecule has 1 N–H and O–H groups in total. The average molecular weight is 515 g/mol. The molecule has 216 valence electrons. The minimum Gasteiger partial charge on any atom is -0.310 e. The van der Waals surface area contributed by atoms with Crippen LogP contribution in [0, 0.1) is 5.92 Å². The van der Waals surface area contributed by atoms with Crippen LogP contribution in [0.1, 0.15) is 193 Å². The molecular formula is C35H66N2. The third-order valence-electron chi connectivity index (χ3n) is 9.03. The van der Waals surface area contributed by atoms with E-state index in [4.69, 9.17) is 5.10 Å². The summed E-state index contributed by atoms with van der Waals surface area (Å²) in [6.07, 6.45) is 43.4. The number of unbranched alkanes of at least 4 members (excludes halogenated alkanes) is 12. The first-order valence-corrected chi connectivity index (χ1v) is 17.4. The Kier molecular flexibility index (Phi) is 21.3. The van der Waals surface area contributed by atoms with Crippen LogP contribution in [0.3, 0.4) is 0 Å². The topological polar surface area (TPSA) is 24.4 Å². The van der Waals surface area contributed by atoms with E-state index in [-0.39, 0.29) is 0 Å². The number of hydrogen-bond donors (Lipinski definition) is 1. The predicted molar refractivity (Wildman–Crippen MR) is 167 cm³/mol. The van der Waals surface area contributed by atoms with Gasteiger partial charge in [0.2, 0.25) is 0 Å². The molecule has 0 saturated heterocycles. The van der Waals surface area contributed by atoms with Crippen molar-refractivity contribution in [2.45, 2.75) is 193 Å². The molecule has 37 heavy (non-hydrogen) atoms. The van der Waals surface area contributed by atoms with E-state index < -0.39 is 0 Å². The Morgan fingerprint density at radius 2 is 1.19 bits per heavy atom. The van der Waals surface area contributed by atoms with Gasteiger partial charge in [0, 0.05) is 6.54 Å². The van der Waals surface area contributed by atoms with Crippen molar-refractivity contribution in [1.29, 1.82) is 0 Å². The summed E-state index contributed by atoms with van der Waals surface area (Å²) in [4.78, 5) is 0. The van der Waals surface area contributed by atoms with E-state index >= 15 is 0 Å².